The number of hydrogen-bond donors (Lipinski definition) is 2. The van der Waals surface area contributed by atoms with Crippen molar-refractivity contribution in [3.63, 3.8) is 0 Å². The normalized spacial score (nSPS) is 10.5. The monoisotopic (exact) mass is 282 g/mol. The zero-order chi connectivity index (χ0) is 15.4. The number of benzene rings is 2. The van der Waals surface area contributed by atoms with Crippen molar-refractivity contribution in [1.82, 2.24) is 5.32 Å². The van der Waals surface area contributed by atoms with Gasteiger partial charge in [-0.05, 0) is 56.6 Å². The van der Waals surface area contributed by atoms with Crippen molar-refractivity contribution < 1.29 is 4.79 Å². The van der Waals surface area contributed by atoms with Crippen LogP contribution in [0.3, 0.4) is 0 Å². The Kier molecular flexibility index (Phi) is 4.76. The lowest BCUT2D eigenvalue weighted by molar-refractivity contribution is 0.102. The minimum atomic E-state index is -0.0494. The molecule has 2 aromatic rings. The van der Waals surface area contributed by atoms with Crippen molar-refractivity contribution in [3.8, 4) is 0 Å². The molecule has 0 fully saturated rings. The minimum absolute atomic E-state index is 0.0494. The van der Waals surface area contributed by atoms with Crippen LogP contribution in [0, 0.1) is 20.8 Å². The summed E-state index contributed by atoms with van der Waals surface area (Å²) in [6.07, 6.45) is 0. The molecule has 0 aliphatic carbocycles. The molecule has 0 spiro atoms. The third-order valence-electron chi connectivity index (χ3n) is 3.47. The maximum Gasteiger partial charge on any atom is 0.256 e. The van der Waals surface area contributed by atoms with E-state index in [0.29, 0.717) is 0 Å². The van der Waals surface area contributed by atoms with E-state index in [1.165, 1.54) is 5.56 Å². The molecule has 2 aromatic carbocycles. The Labute approximate surface area is 126 Å². The maximum atomic E-state index is 12.5. The van der Waals surface area contributed by atoms with Gasteiger partial charge in [0.2, 0.25) is 0 Å². The lowest BCUT2D eigenvalue weighted by Crippen LogP contribution is -2.15. The fourth-order valence-corrected chi connectivity index (χ4v) is 2.69. The quantitative estimate of drug-likeness (QED) is 0.900. The molecule has 0 heterocycles. The Bertz CT molecular complexity index is 639. The van der Waals surface area contributed by atoms with E-state index >= 15 is 0 Å². The average molecular weight is 282 g/mol. The smallest absolute Gasteiger partial charge is 0.256 e. The summed E-state index contributed by atoms with van der Waals surface area (Å²) in [5.74, 6) is -0.0494. The highest BCUT2D eigenvalue weighted by Gasteiger charge is 2.13. The van der Waals surface area contributed by atoms with Crippen LogP contribution in [0.2, 0.25) is 0 Å². The molecule has 21 heavy (non-hydrogen) atoms. The molecule has 1 amide bonds. The van der Waals surface area contributed by atoms with Crippen molar-refractivity contribution in [2.45, 2.75) is 27.3 Å². The lowest BCUT2D eigenvalue weighted by atomic mass is 9.99. The third kappa shape index (κ3) is 3.70. The number of anilines is 1. The SMILES string of the molecule is CNCc1cccc(NC(=O)c2c(C)cc(C)cc2C)c1. The summed E-state index contributed by atoms with van der Waals surface area (Å²) in [5.41, 5.74) is 5.93. The number of rotatable bonds is 4. The van der Waals surface area contributed by atoms with E-state index < -0.39 is 0 Å². The molecular formula is C18H22N2O. The summed E-state index contributed by atoms with van der Waals surface area (Å²) in [7, 11) is 1.91. The van der Waals surface area contributed by atoms with E-state index in [9.17, 15) is 4.79 Å². The summed E-state index contributed by atoms with van der Waals surface area (Å²) in [4.78, 5) is 12.5. The van der Waals surface area contributed by atoms with Crippen LogP contribution < -0.4 is 10.6 Å². The summed E-state index contributed by atoms with van der Waals surface area (Å²) in [5, 5.41) is 6.10. The molecule has 2 N–H and O–H groups in total. The summed E-state index contributed by atoms with van der Waals surface area (Å²) in [6.45, 7) is 6.79. The Hall–Kier alpha value is -2.13. The molecule has 0 radical (unpaired) electrons. The van der Waals surface area contributed by atoms with Crippen LogP contribution in [-0.2, 0) is 6.54 Å². The van der Waals surface area contributed by atoms with Gasteiger partial charge in [-0.3, -0.25) is 4.79 Å². The van der Waals surface area contributed by atoms with Gasteiger partial charge >= 0.3 is 0 Å². The zero-order valence-corrected chi connectivity index (χ0v) is 13.1. The first-order valence-corrected chi connectivity index (χ1v) is 7.14. The molecule has 3 nitrogen and oxygen atoms in total. The number of hydrogen-bond acceptors (Lipinski definition) is 2. The van der Waals surface area contributed by atoms with Gasteiger partial charge in [0.25, 0.3) is 5.91 Å². The molecule has 3 heteroatoms. The third-order valence-corrected chi connectivity index (χ3v) is 3.47. The second-order valence-corrected chi connectivity index (χ2v) is 5.46. The van der Waals surface area contributed by atoms with Crippen LogP contribution in [0.1, 0.15) is 32.6 Å². The zero-order valence-electron chi connectivity index (χ0n) is 13.1. The molecular weight excluding hydrogens is 260 g/mol. The second kappa shape index (κ2) is 6.55. The number of amides is 1. The number of aryl methyl sites for hydroxylation is 3. The van der Waals surface area contributed by atoms with Crippen molar-refractivity contribution in [1.29, 1.82) is 0 Å². The van der Waals surface area contributed by atoms with Crippen LogP contribution in [0.4, 0.5) is 5.69 Å². The lowest BCUT2D eigenvalue weighted by Gasteiger charge is -2.12. The van der Waals surface area contributed by atoms with Gasteiger partial charge in [0.15, 0.2) is 0 Å². The van der Waals surface area contributed by atoms with E-state index in [1.807, 2.05) is 64.2 Å². The summed E-state index contributed by atoms with van der Waals surface area (Å²) < 4.78 is 0. The van der Waals surface area contributed by atoms with Gasteiger partial charge in [0, 0.05) is 17.8 Å². The standard InChI is InChI=1S/C18H22N2O/c1-12-8-13(2)17(14(3)9-12)18(21)20-16-7-5-6-15(10-16)11-19-4/h5-10,19H,11H2,1-4H3,(H,20,21). The molecule has 0 saturated carbocycles. The first kappa shape index (κ1) is 15.3. The van der Waals surface area contributed by atoms with E-state index in [2.05, 4.69) is 10.6 Å². The van der Waals surface area contributed by atoms with Gasteiger partial charge in [-0.2, -0.15) is 0 Å². The second-order valence-electron chi connectivity index (χ2n) is 5.46. The van der Waals surface area contributed by atoms with Crippen LogP contribution in [-0.4, -0.2) is 13.0 Å². The molecule has 0 atom stereocenters. The first-order valence-electron chi connectivity index (χ1n) is 7.14. The highest BCUT2D eigenvalue weighted by molar-refractivity contribution is 6.06. The molecule has 0 bridgehead atoms. The van der Waals surface area contributed by atoms with Gasteiger partial charge in [-0.1, -0.05) is 29.8 Å². The van der Waals surface area contributed by atoms with Crippen molar-refractivity contribution in [3.05, 3.63) is 64.2 Å². The molecule has 2 rings (SSSR count). The Balaban J connectivity index is 2.24. The van der Waals surface area contributed by atoms with Crippen LogP contribution in [0.25, 0.3) is 0 Å². The highest BCUT2D eigenvalue weighted by Crippen LogP contribution is 2.19. The van der Waals surface area contributed by atoms with Crippen molar-refractivity contribution in [2.75, 3.05) is 12.4 Å². The van der Waals surface area contributed by atoms with Crippen molar-refractivity contribution >= 4 is 11.6 Å². The first-order chi connectivity index (χ1) is 10.0. The van der Waals surface area contributed by atoms with Crippen LogP contribution in [0.15, 0.2) is 36.4 Å². The van der Waals surface area contributed by atoms with Crippen LogP contribution in [0.5, 0.6) is 0 Å². The van der Waals surface area contributed by atoms with Gasteiger partial charge in [0.1, 0.15) is 0 Å². The molecule has 0 unspecified atom stereocenters. The van der Waals surface area contributed by atoms with E-state index in [-0.39, 0.29) is 5.91 Å². The van der Waals surface area contributed by atoms with Gasteiger partial charge in [-0.25, -0.2) is 0 Å². The highest BCUT2D eigenvalue weighted by atomic mass is 16.1. The molecule has 0 aliphatic rings. The van der Waals surface area contributed by atoms with Crippen LogP contribution >= 0.6 is 0 Å². The summed E-state index contributed by atoms with van der Waals surface area (Å²) >= 11 is 0. The fourth-order valence-electron chi connectivity index (χ4n) is 2.69. The number of carbonyl (C=O) groups excluding carboxylic acids is 1. The predicted molar refractivity (Wildman–Crippen MR) is 87.8 cm³/mol. The predicted octanol–water partition coefficient (Wildman–Crippen LogP) is 3.58. The maximum absolute atomic E-state index is 12.5. The van der Waals surface area contributed by atoms with Crippen molar-refractivity contribution in [2.24, 2.45) is 0 Å². The largest absolute Gasteiger partial charge is 0.322 e. The summed E-state index contributed by atoms with van der Waals surface area (Å²) in [6, 6.07) is 12.0. The number of carbonyl (C=O) groups is 1. The van der Waals surface area contributed by atoms with Gasteiger partial charge in [-0.15, -0.1) is 0 Å². The molecule has 0 aromatic heterocycles. The number of nitrogens with one attached hydrogen (secondary N) is 2. The Morgan fingerprint density at radius 3 is 2.33 bits per heavy atom. The molecule has 110 valence electrons. The Morgan fingerprint density at radius 2 is 1.71 bits per heavy atom. The van der Waals surface area contributed by atoms with Gasteiger partial charge < -0.3 is 10.6 Å². The molecule has 0 aliphatic heterocycles. The Morgan fingerprint density at radius 1 is 1.05 bits per heavy atom. The van der Waals surface area contributed by atoms with E-state index in [0.717, 1.165) is 34.5 Å². The van der Waals surface area contributed by atoms with E-state index in [4.69, 9.17) is 0 Å². The topological polar surface area (TPSA) is 41.1 Å². The average Bonchev–Trinajstić information content (AvgIpc) is 2.38. The van der Waals surface area contributed by atoms with Gasteiger partial charge in [0.05, 0.1) is 0 Å². The van der Waals surface area contributed by atoms with E-state index in [1.54, 1.807) is 0 Å². The minimum Gasteiger partial charge on any atom is -0.322 e. The fraction of sp³-hybridized carbons (Fsp3) is 0.278. The molecule has 0 saturated heterocycles.